The molecule has 1 aromatic heterocycles. The molecular formula is C20H23NO4. The lowest BCUT2D eigenvalue weighted by Crippen LogP contribution is -2.26. The molecule has 3 rings (SSSR count). The highest BCUT2D eigenvalue weighted by atomic mass is 16.5. The Bertz CT molecular complexity index is 732. The highest BCUT2D eigenvalue weighted by Crippen LogP contribution is 2.47. The van der Waals surface area contributed by atoms with Gasteiger partial charge in [0.25, 0.3) is 0 Å². The van der Waals surface area contributed by atoms with Crippen LogP contribution in [0.25, 0.3) is 6.08 Å². The van der Waals surface area contributed by atoms with E-state index >= 15 is 0 Å². The summed E-state index contributed by atoms with van der Waals surface area (Å²) in [5, 5.41) is 2.78. The minimum Gasteiger partial charge on any atom is -0.497 e. The van der Waals surface area contributed by atoms with E-state index in [1.807, 2.05) is 36.4 Å². The van der Waals surface area contributed by atoms with E-state index in [1.165, 1.54) is 12.5 Å². The van der Waals surface area contributed by atoms with Crippen LogP contribution in [0.1, 0.15) is 30.8 Å². The van der Waals surface area contributed by atoms with Gasteiger partial charge in [-0.1, -0.05) is 6.92 Å². The van der Waals surface area contributed by atoms with Crippen molar-refractivity contribution in [3.63, 3.8) is 0 Å². The first-order valence-corrected chi connectivity index (χ1v) is 8.48. The molecule has 2 aromatic rings. The van der Waals surface area contributed by atoms with Gasteiger partial charge in [0.1, 0.15) is 29.6 Å². The van der Waals surface area contributed by atoms with Crippen molar-refractivity contribution in [1.29, 1.82) is 0 Å². The third kappa shape index (κ3) is 4.89. The van der Waals surface area contributed by atoms with Crippen LogP contribution in [0.15, 0.2) is 46.9 Å². The first-order valence-electron chi connectivity index (χ1n) is 8.48. The molecule has 0 aliphatic heterocycles. The molecule has 5 heteroatoms. The summed E-state index contributed by atoms with van der Waals surface area (Å²) in [4.78, 5) is 11.8. The maximum Gasteiger partial charge on any atom is 0.244 e. The fourth-order valence-electron chi connectivity index (χ4n) is 2.61. The van der Waals surface area contributed by atoms with Crippen molar-refractivity contribution in [2.75, 3.05) is 20.3 Å². The minimum atomic E-state index is -0.170. The Labute approximate surface area is 147 Å². The Morgan fingerprint density at radius 2 is 1.96 bits per heavy atom. The molecule has 1 saturated carbocycles. The summed E-state index contributed by atoms with van der Waals surface area (Å²) in [7, 11) is 1.62. The zero-order valence-corrected chi connectivity index (χ0v) is 14.5. The number of carbonyl (C=O) groups excluding carboxylic acids is 1. The second-order valence-electron chi connectivity index (χ2n) is 6.21. The van der Waals surface area contributed by atoms with Crippen LogP contribution in [-0.2, 0) is 4.79 Å². The van der Waals surface area contributed by atoms with Crippen LogP contribution < -0.4 is 14.8 Å². The lowest BCUT2D eigenvalue weighted by Gasteiger charge is -2.07. The van der Waals surface area contributed by atoms with Crippen molar-refractivity contribution < 1.29 is 18.7 Å². The summed E-state index contributed by atoms with van der Waals surface area (Å²) in [5.41, 5.74) is 0. The molecule has 2 unspecified atom stereocenters. The van der Waals surface area contributed by atoms with Gasteiger partial charge in [0.2, 0.25) is 5.91 Å². The Balaban J connectivity index is 1.36. The number of furan rings is 1. The van der Waals surface area contributed by atoms with Crippen molar-refractivity contribution in [3.8, 4) is 11.5 Å². The SMILES string of the molecule is COc1ccc(OCCNC(=O)C=Cc2ccc(C3CC3C)o2)cc1. The maximum atomic E-state index is 11.8. The molecule has 25 heavy (non-hydrogen) atoms. The predicted molar refractivity (Wildman–Crippen MR) is 95.8 cm³/mol. The topological polar surface area (TPSA) is 60.7 Å². The lowest BCUT2D eigenvalue weighted by molar-refractivity contribution is -0.116. The zero-order valence-electron chi connectivity index (χ0n) is 14.5. The average Bonchev–Trinajstić information content (AvgIpc) is 3.18. The van der Waals surface area contributed by atoms with Gasteiger partial charge in [-0.3, -0.25) is 4.79 Å². The minimum absolute atomic E-state index is 0.170. The fourth-order valence-corrected chi connectivity index (χ4v) is 2.61. The van der Waals surface area contributed by atoms with Crippen molar-refractivity contribution >= 4 is 12.0 Å². The average molecular weight is 341 g/mol. The van der Waals surface area contributed by atoms with E-state index in [-0.39, 0.29) is 5.91 Å². The lowest BCUT2D eigenvalue weighted by atomic mass is 10.3. The molecule has 1 N–H and O–H groups in total. The third-order valence-corrected chi connectivity index (χ3v) is 4.25. The largest absolute Gasteiger partial charge is 0.497 e. The van der Waals surface area contributed by atoms with E-state index in [4.69, 9.17) is 13.9 Å². The third-order valence-electron chi connectivity index (χ3n) is 4.25. The van der Waals surface area contributed by atoms with Crippen LogP contribution in [0.4, 0.5) is 0 Å². The summed E-state index contributed by atoms with van der Waals surface area (Å²) in [6.45, 7) is 3.04. The molecule has 0 radical (unpaired) electrons. The molecule has 1 amide bonds. The van der Waals surface area contributed by atoms with Gasteiger partial charge >= 0.3 is 0 Å². The zero-order chi connectivity index (χ0) is 17.6. The van der Waals surface area contributed by atoms with Crippen LogP contribution in [0.2, 0.25) is 0 Å². The standard InChI is InChI=1S/C20H23NO4/c1-14-13-18(14)19-9-7-17(25-19)8-10-20(22)21-11-12-24-16-5-3-15(23-2)4-6-16/h3-10,14,18H,11-13H2,1-2H3,(H,21,22). The van der Waals surface area contributed by atoms with Crippen LogP contribution in [-0.4, -0.2) is 26.2 Å². The number of carbonyl (C=O) groups is 1. The molecule has 132 valence electrons. The van der Waals surface area contributed by atoms with E-state index in [0.717, 1.165) is 17.3 Å². The molecule has 2 atom stereocenters. The van der Waals surface area contributed by atoms with E-state index < -0.39 is 0 Å². The molecule has 0 spiro atoms. The van der Waals surface area contributed by atoms with Crippen LogP contribution in [0, 0.1) is 5.92 Å². The molecule has 1 aliphatic carbocycles. The van der Waals surface area contributed by atoms with Gasteiger partial charge in [-0.05, 0) is 54.8 Å². The summed E-state index contributed by atoms with van der Waals surface area (Å²) >= 11 is 0. The Morgan fingerprint density at radius 3 is 2.64 bits per heavy atom. The van der Waals surface area contributed by atoms with Gasteiger partial charge in [0, 0.05) is 12.0 Å². The molecule has 1 heterocycles. The van der Waals surface area contributed by atoms with Gasteiger partial charge < -0.3 is 19.2 Å². The van der Waals surface area contributed by atoms with Crippen LogP contribution >= 0.6 is 0 Å². The van der Waals surface area contributed by atoms with Gasteiger partial charge in [-0.25, -0.2) is 0 Å². The molecule has 1 aliphatic rings. The number of ether oxygens (including phenoxy) is 2. The summed E-state index contributed by atoms with van der Waals surface area (Å²) < 4.78 is 16.4. The van der Waals surface area contributed by atoms with Gasteiger partial charge in [-0.2, -0.15) is 0 Å². The van der Waals surface area contributed by atoms with Gasteiger partial charge in [-0.15, -0.1) is 0 Å². The van der Waals surface area contributed by atoms with Crippen molar-refractivity contribution in [1.82, 2.24) is 5.32 Å². The first-order chi connectivity index (χ1) is 12.2. The quantitative estimate of drug-likeness (QED) is 0.588. The van der Waals surface area contributed by atoms with E-state index in [9.17, 15) is 4.79 Å². The van der Waals surface area contributed by atoms with Crippen LogP contribution in [0.3, 0.4) is 0 Å². The van der Waals surface area contributed by atoms with E-state index in [0.29, 0.717) is 30.7 Å². The number of benzene rings is 1. The monoisotopic (exact) mass is 341 g/mol. The van der Waals surface area contributed by atoms with E-state index in [2.05, 4.69) is 12.2 Å². The summed E-state index contributed by atoms with van der Waals surface area (Å²) in [5.74, 6) is 4.32. The molecule has 1 fully saturated rings. The number of nitrogens with one attached hydrogen (secondary N) is 1. The molecule has 0 saturated heterocycles. The van der Waals surface area contributed by atoms with Crippen molar-refractivity contribution in [2.45, 2.75) is 19.3 Å². The van der Waals surface area contributed by atoms with Gasteiger partial charge in [0.05, 0.1) is 13.7 Å². The second-order valence-corrected chi connectivity index (χ2v) is 6.21. The molecule has 5 nitrogen and oxygen atoms in total. The fraction of sp³-hybridized carbons (Fsp3) is 0.350. The number of hydrogen-bond acceptors (Lipinski definition) is 4. The smallest absolute Gasteiger partial charge is 0.244 e. The Kier molecular flexibility index (Phi) is 5.43. The van der Waals surface area contributed by atoms with Crippen molar-refractivity contribution in [3.05, 3.63) is 54.0 Å². The molecule has 1 aromatic carbocycles. The highest BCUT2D eigenvalue weighted by Gasteiger charge is 2.36. The highest BCUT2D eigenvalue weighted by molar-refractivity contribution is 5.91. The number of rotatable bonds is 8. The van der Waals surface area contributed by atoms with Crippen LogP contribution in [0.5, 0.6) is 11.5 Å². The van der Waals surface area contributed by atoms with Gasteiger partial charge in [0.15, 0.2) is 0 Å². The maximum absolute atomic E-state index is 11.8. The second kappa shape index (κ2) is 7.92. The summed E-state index contributed by atoms with van der Waals surface area (Å²) in [6, 6.07) is 11.2. The normalized spacial score (nSPS) is 19.0. The van der Waals surface area contributed by atoms with Crippen molar-refractivity contribution in [2.24, 2.45) is 5.92 Å². The Morgan fingerprint density at radius 1 is 1.24 bits per heavy atom. The Hall–Kier alpha value is -2.69. The number of hydrogen-bond donors (Lipinski definition) is 1. The molecular weight excluding hydrogens is 318 g/mol. The first kappa shape index (κ1) is 17.1. The molecule has 0 bridgehead atoms. The predicted octanol–water partition coefficient (Wildman–Crippen LogP) is 3.62. The number of amides is 1. The summed E-state index contributed by atoms with van der Waals surface area (Å²) in [6.07, 6.45) is 4.36. The number of methoxy groups -OCH3 is 1. The van der Waals surface area contributed by atoms with E-state index in [1.54, 1.807) is 13.2 Å².